The van der Waals surface area contributed by atoms with E-state index >= 15 is 0 Å². The van der Waals surface area contributed by atoms with Crippen LogP contribution in [0.4, 0.5) is 4.79 Å². The predicted molar refractivity (Wildman–Crippen MR) is 195 cm³/mol. The fourth-order valence-corrected chi connectivity index (χ4v) is 12.5. The maximum absolute atomic E-state index is 13.9. The zero-order chi connectivity index (χ0) is 37.4. The lowest BCUT2D eigenvalue weighted by Crippen LogP contribution is -2.67. The molecule has 5 aliphatic rings. The molecule has 9 nitrogen and oxygen atoms in total. The molecule has 0 bridgehead atoms. The van der Waals surface area contributed by atoms with Crippen LogP contribution in [-0.2, 0) is 25.7 Å². The van der Waals surface area contributed by atoms with Gasteiger partial charge in [-0.3, -0.25) is 19.4 Å². The van der Waals surface area contributed by atoms with E-state index in [0.717, 1.165) is 62.6 Å². The summed E-state index contributed by atoms with van der Waals surface area (Å²) in [7, 11) is 0. The van der Waals surface area contributed by atoms with E-state index in [4.69, 9.17) is 4.74 Å². The summed E-state index contributed by atoms with van der Waals surface area (Å²) in [5.41, 5.74) is 0.866. The van der Waals surface area contributed by atoms with E-state index in [-0.39, 0.29) is 57.8 Å². The first-order valence-electron chi connectivity index (χ1n) is 19.4. The van der Waals surface area contributed by atoms with Crippen LogP contribution in [0.5, 0.6) is 0 Å². The maximum atomic E-state index is 13.9. The first-order valence-corrected chi connectivity index (χ1v) is 19.4. The van der Waals surface area contributed by atoms with Crippen LogP contribution in [0.3, 0.4) is 0 Å². The highest BCUT2D eigenvalue weighted by molar-refractivity contribution is 6.02. The van der Waals surface area contributed by atoms with Crippen molar-refractivity contribution in [1.82, 2.24) is 15.6 Å². The number of fused-ring (bicyclic) bond motifs is 7. The van der Waals surface area contributed by atoms with E-state index in [9.17, 15) is 24.3 Å². The van der Waals surface area contributed by atoms with E-state index < -0.39 is 22.9 Å². The smallest absolute Gasteiger partial charge is 0.315 e. The SMILES string of the molecule is CC(C)C1=C2C3CCC4C5(C)CC[C@H](OC(=O)CC(C)(C)C(=O)O)C(C)(C)C5CCC4(C)[C@]3(C)CC[C@@]2(NC(=O)NCc2ccccn2)CC1=O. The van der Waals surface area contributed by atoms with E-state index in [1.807, 2.05) is 18.2 Å². The standard InChI is InChI=1S/C42H61N3O6/c1-25(2)33-28(46)22-42(45-36(50)44-24-26-12-10-11-21-43-26)20-19-40(8)27(34(33)42)13-14-30-39(7)17-16-31(51-32(47)23-37(3,4)35(48)49)38(5,6)29(39)15-18-41(30,40)9/h10-12,21,25,27,29-31H,13-20,22-24H2,1-9H3,(H,48,49)(H2,44,45,50)/t27?,29?,30?,31-,39?,40+,41?,42+/m0/s1. The Balaban J connectivity index is 1.26. The third-order valence-electron chi connectivity index (χ3n) is 15.3. The number of nitrogens with zero attached hydrogens (tertiary/aromatic N) is 1. The monoisotopic (exact) mass is 703 g/mol. The summed E-state index contributed by atoms with van der Waals surface area (Å²) in [5.74, 6) is -0.142. The number of Topliss-reactive ketones (excluding diaryl/α,β-unsaturated/α-hetero) is 1. The third-order valence-corrected chi connectivity index (χ3v) is 15.3. The van der Waals surface area contributed by atoms with Gasteiger partial charge in [0.15, 0.2) is 5.78 Å². The van der Waals surface area contributed by atoms with Gasteiger partial charge in [-0.1, -0.05) is 54.5 Å². The summed E-state index contributed by atoms with van der Waals surface area (Å²) in [5, 5.41) is 16.0. The molecule has 9 heteroatoms. The molecule has 0 aliphatic heterocycles. The van der Waals surface area contributed by atoms with Crippen molar-refractivity contribution in [3.8, 4) is 0 Å². The molecule has 51 heavy (non-hydrogen) atoms. The molecular formula is C42H61N3O6. The number of urea groups is 1. The molecule has 2 amide bonds. The second-order valence-corrected chi connectivity index (χ2v) is 19.1. The number of hydrogen-bond donors (Lipinski definition) is 3. The van der Waals surface area contributed by atoms with Crippen LogP contribution in [-0.4, -0.2) is 45.5 Å². The fourth-order valence-electron chi connectivity index (χ4n) is 12.5. The Labute approximate surface area is 304 Å². The second kappa shape index (κ2) is 12.7. The normalized spacial score (nSPS) is 37.1. The summed E-state index contributed by atoms with van der Waals surface area (Å²) in [6.45, 7) is 19.8. The molecule has 0 saturated heterocycles. The lowest BCUT2D eigenvalue weighted by Gasteiger charge is -2.72. The third kappa shape index (κ3) is 5.93. The summed E-state index contributed by atoms with van der Waals surface area (Å²) in [4.78, 5) is 56.6. The van der Waals surface area contributed by atoms with Gasteiger partial charge < -0.3 is 20.5 Å². The van der Waals surface area contributed by atoms with Crippen molar-refractivity contribution in [3.63, 3.8) is 0 Å². The number of carboxylic acids is 1. The molecule has 8 atom stereocenters. The number of hydrogen-bond acceptors (Lipinski definition) is 6. The Kier molecular flexibility index (Phi) is 9.36. The highest BCUT2D eigenvalue weighted by Gasteiger charge is 2.70. The number of ether oxygens (including phenoxy) is 1. The largest absolute Gasteiger partial charge is 0.481 e. The van der Waals surface area contributed by atoms with Crippen molar-refractivity contribution in [2.75, 3.05) is 0 Å². The van der Waals surface area contributed by atoms with Gasteiger partial charge in [-0.25, -0.2) is 4.79 Å². The zero-order valence-corrected chi connectivity index (χ0v) is 32.4. The first-order chi connectivity index (χ1) is 23.7. The summed E-state index contributed by atoms with van der Waals surface area (Å²) < 4.78 is 6.15. The van der Waals surface area contributed by atoms with Gasteiger partial charge in [-0.05, 0) is 128 Å². The molecule has 5 aliphatic carbocycles. The number of aromatic nitrogens is 1. The van der Waals surface area contributed by atoms with Crippen molar-refractivity contribution in [2.45, 2.75) is 145 Å². The second-order valence-electron chi connectivity index (χ2n) is 19.1. The summed E-state index contributed by atoms with van der Waals surface area (Å²) in [6.07, 6.45) is 9.20. The van der Waals surface area contributed by atoms with Crippen LogP contribution in [0, 0.1) is 50.7 Å². The molecule has 0 aromatic carbocycles. The molecule has 1 aromatic heterocycles. The molecule has 5 unspecified atom stereocenters. The maximum Gasteiger partial charge on any atom is 0.315 e. The minimum absolute atomic E-state index is 0.0282. The van der Waals surface area contributed by atoms with Crippen LogP contribution >= 0.6 is 0 Å². The van der Waals surface area contributed by atoms with Crippen molar-refractivity contribution >= 4 is 23.8 Å². The minimum Gasteiger partial charge on any atom is -0.481 e. The molecule has 0 radical (unpaired) electrons. The molecule has 280 valence electrons. The topological polar surface area (TPSA) is 135 Å². The van der Waals surface area contributed by atoms with Gasteiger partial charge in [0.1, 0.15) is 6.10 Å². The number of esters is 1. The number of aliphatic carboxylic acids is 1. The fraction of sp³-hybridized carbons (Fsp3) is 0.738. The quantitative estimate of drug-likeness (QED) is 0.233. The lowest BCUT2D eigenvalue weighted by atomic mass is 9.33. The molecule has 0 spiro atoms. The minimum atomic E-state index is -1.17. The van der Waals surface area contributed by atoms with Gasteiger partial charge >= 0.3 is 18.0 Å². The van der Waals surface area contributed by atoms with Crippen molar-refractivity contribution in [1.29, 1.82) is 0 Å². The van der Waals surface area contributed by atoms with E-state index in [1.54, 1.807) is 20.0 Å². The van der Waals surface area contributed by atoms with E-state index in [1.165, 1.54) is 5.57 Å². The number of allylic oxidation sites excluding steroid dienone is 1. The summed E-state index contributed by atoms with van der Waals surface area (Å²) in [6, 6.07) is 5.41. The number of carbonyl (C=O) groups excluding carboxylic acids is 3. The molecule has 6 rings (SSSR count). The Bertz CT molecular complexity index is 1620. The molecule has 1 heterocycles. The van der Waals surface area contributed by atoms with Gasteiger partial charge in [0.05, 0.1) is 29.6 Å². The van der Waals surface area contributed by atoms with Crippen molar-refractivity contribution in [2.24, 2.45) is 50.7 Å². The summed E-state index contributed by atoms with van der Waals surface area (Å²) >= 11 is 0. The molecular weight excluding hydrogens is 642 g/mol. The van der Waals surface area contributed by atoms with Gasteiger partial charge in [-0.15, -0.1) is 0 Å². The van der Waals surface area contributed by atoms with Crippen LogP contribution in [0.25, 0.3) is 0 Å². The number of amides is 2. The Morgan fingerprint density at radius 3 is 2.33 bits per heavy atom. The highest BCUT2D eigenvalue weighted by Crippen LogP contribution is 2.76. The molecule has 1 aromatic rings. The predicted octanol–water partition coefficient (Wildman–Crippen LogP) is 8.03. The van der Waals surface area contributed by atoms with Crippen LogP contribution in [0.1, 0.15) is 132 Å². The van der Waals surface area contributed by atoms with Crippen LogP contribution in [0.15, 0.2) is 35.5 Å². The van der Waals surface area contributed by atoms with Gasteiger partial charge in [0.2, 0.25) is 0 Å². The molecule has 4 saturated carbocycles. The van der Waals surface area contributed by atoms with Gasteiger partial charge in [0, 0.05) is 18.0 Å². The average molecular weight is 704 g/mol. The average Bonchev–Trinajstić information content (AvgIpc) is 3.33. The van der Waals surface area contributed by atoms with Gasteiger partial charge in [0.25, 0.3) is 0 Å². The number of carbonyl (C=O) groups is 4. The number of nitrogens with one attached hydrogen (secondary N) is 2. The van der Waals surface area contributed by atoms with Crippen LogP contribution in [0.2, 0.25) is 0 Å². The van der Waals surface area contributed by atoms with Crippen molar-refractivity contribution < 1.29 is 29.0 Å². The number of pyridine rings is 1. The van der Waals surface area contributed by atoms with Gasteiger partial charge in [-0.2, -0.15) is 0 Å². The van der Waals surface area contributed by atoms with E-state index in [0.29, 0.717) is 24.8 Å². The first kappa shape index (κ1) is 37.5. The number of rotatable bonds is 8. The zero-order valence-electron chi connectivity index (χ0n) is 32.4. The molecule has 4 fully saturated rings. The molecule has 3 N–H and O–H groups in total. The highest BCUT2D eigenvalue weighted by atomic mass is 16.5. The van der Waals surface area contributed by atoms with E-state index in [2.05, 4.69) is 64.1 Å². The van der Waals surface area contributed by atoms with Crippen LogP contribution < -0.4 is 10.6 Å². The number of ketones is 1. The lowest BCUT2D eigenvalue weighted by molar-refractivity contribution is -0.232. The Morgan fingerprint density at radius 2 is 1.69 bits per heavy atom. The Morgan fingerprint density at radius 1 is 0.961 bits per heavy atom. The number of carboxylic acid groups (broad SMARTS) is 1. The Hall–Kier alpha value is -3.23. The van der Waals surface area contributed by atoms with Crippen molar-refractivity contribution in [3.05, 3.63) is 41.2 Å².